The third-order valence-electron chi connectivity index (χ3n) is 8.22. The zero-order valence-corrected chi connectivity index (χ0v) is 21.2. The molecule has 172 valence electrons. The van der Waals surface area contributed by atoms with E-state index in [-0.39, 0.29) is 0 Å². The topological polar surface area (TPSA) is 3.24 Å². The first kappa shape index (κ1) is 21.0. The Kier molecular flexibility index (Phi) is 4.69. The van der Waals surface area contributed by atoms with Crippen molar-refractivity contribution in [1.82, 2.24) is 0 Å². The van der Waals surface area contributed by atoms with E-state index in [0.717, 1.165) is 0 Å². The highest BCUT2D eigenvalue weighted by atomic mass is 32.1. The summed E-state index contributed by atoms with van der Waals surface area (Å²) in [5.41, 5.74) is 9.55. The van der Waals surface area contributed by atoms with Crippen LogP contribution in [0, 0.1) is 12.8 Å². The van der Waals surface area contributed by atoms with Gasteiger partial charge >= 0.3 is 0 Å². The molecule has 4 unspecified atom stereocenters. The van der Waals surface area contributed by atoms with Crippen LogP contribution in [0.5, 0.6) is 0 Å². The second-order valence-electron chi connectivity index (χ2n) is 10.4. The maximum atomic E-state index is 2.51. The molecule has 0 saturated heterocycles. The van der Waals surface area contributed by atoms with Crippen LogP contribution in [0.15, 0.2) is 91.0 Å². The summed E-state index contributed by atoms with van der Waals surface area (Å²) < 4.78 is 1.40. The van der Waals surface area contributed by atoms with Crippen molar-refractivity contribution >= 4 is 44.4 Å². The first-order valence-corrected chi connectivity index (χ1v) is 13.5. The minimum atomic E-state index is 0.307. The molecule has 0 bridgehead atoms. The fraction of sp³-hybridized carbons (Fsp3) is 0.212. The molecule has 3 aliphatic rings. The molecule has 0 amide bonds. The van der Waals surface area contributed by atoms with Gasteiger partial charge in [-0.1, -0.05) is 80.1 Å². The second kappa shape index (κ2) is 7.83. The van der Waals surface area contributed by atoms with E-state index in [0.29, 0.717) is 23.8 Å². The number of anilines is 2. The highest BCUT2D eigenvalue weighted by Gasteiger charge is 2.38. The van der Waals surface area contributed by atoms with E-state index in [4.69, 9.17) is 0 Å². The highest BCUT2D eigenvalue weighted by Crippen LogP contribution is 2.50. The van der Waals surface area contributed by atoms with Gasteiger partial charge in [-0.15, -0.1) is 11.3 Å². The monoisotopic (exact) mass is 471 g/mol. The normalized spacial score (nSPS) is 24.3. The zero-order chi connectivity index (χ0) is 23.7. The van der Waals surface area contributed by atoms with Crippen LogP contribution >= 0.6 is 11.3 Å². The first-order chi connectivity index (χ1) is 17.1. The molecular formula is C33H29NS. The number of hydrogen-bond acceptors (Lipinski definition) is 2. The summed E-state index contributed by atoms with van der Waals surface area (Å²) in [6.45, 7) is 6.92. The molecule has 4 atom stereocenters. The Balaban J connectivity index is 1.34. The van der Waals surface area contributed by atoms with E-state index in [1.54, 1.807) is 0 Å². The second-order valence-corrected chi connectivity index (χ2v) is 11.4. The van der Waals surface area contributed by atoms with Gasteiger partial charge in [-0.2, -0.15) is 0 Å². The average Bonchev–Trinajstić information content (AvgIpc) is 3.41. The van der Waals surface area contributed by atoms with Gasteiger partial charge in [-0.05, 0) is 82.8 Å². The summed E-state index contributed by atoms with van der Waals surface area (Å²) in [4.78, 5) is 3.95. The molecule has 35 heavy (non-hydrogen) atoms. The van der Waals surface area contributed by atoms with Crippen molar-refractivity contribution in [2.24, 2.45) is 5.92 Å². The summed E-state index contributed by atoms with van der Waals surface area (Å²) in [5, 5.41) is 1.44. The van der Waals surface area contributed by atoms with Crippen LogP contribution < -0.4 is 4.90 Å². The third-order valence-corrected chi connectivity index (χ3v) is 9.37. The number of allylic oxidation sites excluding steroid dienone is 3. The average molecular weight is 472 g/mol. The van der Waals surface area contributed by atoms with Crippen LogP contribution in [0.25, 0.3) is 21.7 Å². The van der Waals surface area contributed by atoms with Crippen LogP contribution in [0.3, 0.4) is 0 Å². The number of fused-ring (bicyclic) bond motifs is 6. The molecule has 2 heterocycles. The molecule has 2 aliphatic carbocycles. The Morgan fingerprint density at radius 1 is 0.857 bits per heavy atom. The van der Waals surface area contributed by atoms with Gasteiger partial charge in [0.25, 0.3) is 0 Å². The maximum absolute atomic E-state index is 2.51. The zero-order valence-electron chi connectivity index (χ0n) is 20.4. The molecule has 0 fully saturated rings. The smallest absolute Gasteiger partial charge is 0.0630 e. The summed E-state index contributed by atoms with van der Waals surface area (Å²) in [7, 11) is 0. The van der Waals surface area contributed by atoms with E-state index >= 15 is 0 Å². The molecule has 1 nitrogen and oxygen atoms in total. The molecule has 0 spiro atoms. The lowest BCUT2D eigenvalue weighted by atomic mass is 9.82. The van der Waals surface area contributed by atoms with Crippen molar-refractivity contribution in [3.05, 3.63) is 118 Å². The molecule has 1 aliphatic heterocycles. The Bertz CT molecular complexity index is 1550. The molecular weight excluding hydrogens is 442 g/mol. The van der Waals surface area contributed by atoms with Crippen molar-refractivity contribution in [2.75, 3.05) is 4.90 Å². The molecule has 3 aromatic carbocycles. The number of rotatable bonds is 2. The molecule has 0 N–H and O–H groups in total. The van der Waals surface area contributed by atoms with Crippen molar-refractivity contribution in [3.8, 4) is 0 Å². The van der Waals surface area contributed by atoms with Crippen molar-refractivity contribution in [3.63, 3.8) is 0 Å². The van der Waals surface area contributed by atoms with Gasteiger partial charge in [0.1, 0.15) is 0 Å². The molecule has 2 heteroatoms. The predicted octanol–water partition coefficient (Wildman–Crippen LogP) is 9.23. The van der Waals surface area contributed by atoms with Crippen LogP contribution in [0.4, 0.5) is 11.4 Å². The van der Waals surface area contributed by atoms with Gasteiger partial charge in [0.2, 0.25) is 0 Å². The van der Waals surface area contributed by atoms with E-state index in [9.17, 15) is 0 Å². The predicted molar refractivity (Wildman–Crippen MR) is 152 cm³/mol. The quantitative estimate of drug-likeness (QED) is 0.282. The fourth-order valence-corrected chi connectivity index (χ4v) is 7.38. The van der Waals surface area contributed by atoms with E-state index in [1.165, 1.54) is 54.2 Å². The van der Waals surface area contributed by atoms with Crippen molar-refractivity contribution in [1.29, 1.82) is 0 Å². The molecule has 1 aromatic heterocycles. The van der Waals surface area contributed by atoms with E-state index in [2.05, 4.69) is 123 Å². The molecule has 4 aromatic rings. The van der Waals surface area contributed by atoms with Crippen molar-refractivity contribution in [2.45, 2.75) is 38.6 Å². The van der Waals surface area contributed by atoms with Gasteiger partial charge in [0.15, 0.2) is 0 Å². The summed E-state index contributed by atoms with van der Waals surface area (Å²) >= 11 is 1.94. The number of nitrogens with zero attached hydrogens (tertiary/aromatic N) is 1. The lowest BCUT2D eigenvalue weighted by Crippen LogP contribution is -2.28. The third kappa shape index (κ3) is 3.20. The van der Waals surface area contributed by atoms with Crippen LogP contribution in [0.2, 0.25) is 0 Å². The Hall–Kier alpha value is -3.36. The number of aryl methyl sites for hydroxylation is 1. The fourth-order valence-electron chi connectivity index (χ4n) is 6.18. The minimum absolute atomic E-state index is 0.307. The Morgan fingerprint density at radius 2 is 1.71 bits per heavy atom. The number of hydrogen-bond donors (Lipinski definition) is 0. The van der Waals surface area contributed by atoms with Gasteiger partial charge in [-0.3, -0.25) is 0 Å². The number of benzene rings is 3. The summed E-state index contributed by atoms with van der Waals surface area (Å²) in [5.74, 6) is 1.49. The van der Waals surface area contributed by atoms with Gasteiger partial charge in [-0.25, -0.2) is 0 Å². The number of para-hydroxylation sites is 1. The van der Waals surface area contributed by atoms with Gasteiger partial charge in [0.05, 0.1) is 6.04 Å². The Morgan fingerprint density at radius 3 is 2.57 bits per heavy atom. The lowest BCUT2D eigenvalue weighted by molar-refractivity contribution is 0.592. The number of thiophene rings is 1. The van der Waals surface area contributed by atoms with E-state index in [1.807, 2.05) is 11.3 Å². The standard InChI is InChI=1S/C33H29NS/c1-20-9-13-29-26(17-20)27-18-23(11-14-30(27)34(29)25-7-5-4-6-8-25)24-12-16-31-28(19-24)33-22(3)21(2)10-15-32(33)35-31/h4-19,21-22,27,30H,1-3H3. The molecule has 0 radical (unpaired) electrons. The minimum Gasteiger partial charge on any atom is -0.333 e. The largest absolute Gasteiger partial charge is 0.333 e. The highest BCUT2D eigenvalue weighted by molar-refractivity contribution is 7.20. The SMILES string of the molecule is Cc1ccc2c(c1)C1C=C(c3ccc4sc5c(c4c3)C(C)C(C)C=C5)C=CC1N2c1ccccc1. The molecule has 0 saturated carbocycles. The van der Waals surface area contributed by atoms with Gasteiger partial charge in [0, 0.05) is 26.9 Å². The van der Waals surface area contributed by atoms with Crippen LogP contribution in [-0.2, 0) is 0 Å². The molecule has 7 rings (SSSR count). The van der Waals surface area contributed by atoms with E-state index < -0.39 is 0 Å². The Labute approximate surface area is 211 Å². The van der Waals surface area contributed by atoms with Crippen LogP contribution in [0.1, 0.15) is 52.8 Å². The van der Waals surface area contributed by atoms with Crippen LogP contribution in [-0.4, -0.2) is 6.04 Å². The van der Waals surface area contributed by atoms with Crippen molar-refractivity contribution < 1.29 is 0 Å². The first-order valence-electron chi connectivity index (χ1n) is 12.7. The van der Waals surface area contributed by atoms with Gasteiger partial charge < -0.3 is 4.90 Å². The summed E-state index contributed by atoms with van der Waals surface area (Å²) in [6.07, 6.45) is 12.0. The lowest BCUT2D eigenvalue weighted by Gasteiger charge is -2.29. The summed E-state index contributed by atoms with van der Waals surface area (Å²) in [6, 6.07) is 25.2. The maximum Gasteiger partial charge on any atom is 0.0630 e.